The normalized spacial score (nSPS) is 20.4. The van der Waals surface area contributed by atoms with Gasteiger partial charge in [0.2, 0.25) is 11.8 Å². The van der Waals surface area contributed by atoms with Crippen molar-refractivity contribution in [3.63, 3.8) is 0 Å². The Morgan fingerprint density at radius 3 is 2.76 bits per heavy atom. The molecule has 1 fully saturated rings. The molecule has 17 heavy (non-hydrogen) atoms. The molecule has 6 heteroatoms. The Hall–Kier alpha value is -2.11. The van der Waals surface area contributed by atoms with Gasteiger partial charge in [-0.05, 0) is 25.1 Å². The van der Waals surface area contributed by atoms with Crippen LogP contribution in [0.4, 0.5) is 15.8 Å². The fourth-order valence-corrected chi connectivity index (χ4v) is 1.79. The Labute approximate surface area is 97.4 Å². The first kappa shape index (κ1) is 11.4. The number of rotatable bonds is 1. The quantitative estimate of drug-likeness (QED) is 0.542. The lowest BCUT2D eigenvalue weighted by molar-refractivity contribution is -0.132. The smallest absolute Gasteiger partial charge is 0.249 e. The molecule has 1 aromatic rings. The fourth-order valence-electron chi connectivity index (χ4n) is 1.79. The first-order chi connectivity index (χ1) is 7.97. The lowest BCUT2D eigenvalue weighted by atomic mass is 10.1. The molecule has 0 saturated carbocycles. The molecule has 5 nitrogen and oxygen atoms in total. The second-order valence-corrected chi connectivity index (χ2v) is 3.96. The highest BCUT2D eigenvalue weighted by Crippen LogP contribution is 2.23. The number of nitrogens with one attached hydrogen (secondary N) is 1. The molecular weight excluding hydrogens is 225 g/mol. The first-order valence-corrected chi connectivity index (χ1v) is 5.14. The topological polar surface area (TPSA) is 75.4 Å². The van der Waals surface area contributed by atoms with E-state index in [0.717, 1.165) is 0 Å². The van der Waals surface area contributed by atoms with E-state index in [1.165, 1.54) is 23.1 Å². The van der Waals surface area contributed by atoms with Crippen molar-refractivity contribution >= 4 is 23.2 Å². The molecule has 2 rings (SSSR count). The number of piperazine rings is 1. The van der Waals surface area contributed by atoms with E-state index >= 15 is 0 Å². The van der Waals surface area contributed by atoms with Crippen LogP contribution in [0.5, 0.6) is 0 Å². The van der Waals surface area contributed by atoms with E-state index in [9.17, 15) is 14.0 Å². The number of hydrogen-bond acceptors (Lipinski definition) is 4. The highest BCUT2D eigenvalue weighted by Gasteiger charge is 2.30. The summed E-state index contributed by atoms with van der Waals surface area (Å²) in [6.07, 6.45) is 0. The summed E-state index contributed by atoms with van der Waals surface area (Å²) in [6, 6.07) is 3.43. The van der Waals surface area contributed by atoms with Crippen LogP contribution < -0.4 is 16.0 Å². The predicted octanol–water partition coefficient (Wildman–Crippen LogP) is 0.259. The molecule has 0 radical (unpaired) electrons. The van der Waals surface area contributed by atoms with E-state index in [1.807, 2.05) is 0 Å². The number of nitrogens with two attached hydrogens (primary N) is 1. The SMILES string of the molecule is CC1C(=O)NC(=O)CN1c1cc(N)cc(F)c1. The van der Waals surface area contributed by atoms with E-state index in [-0.39, 0.29) is 12.2 Å². The summed E-state index contributed by atoms with van der Waals surface area (Å²) in [4.78, 5) is 24.2. The lowest BCUT2D eigenvalue weighted by Gasteiger charge is -2.33. The number of amides is 2. The summed E-state index contributed by atoms with van der Waals surface area (Å²) >= 11 is 0. The molecule has 1 heterocycles. The summed E-state index contributed by atoms with van der Waals surface area (Å²) in [5.74, 6) is -1.30. The summed E-state index contributed by atoms with van der Waals surface area (Å²) in [5.41, 5.74) is 6.21. The average Bonchev–Trinajstić information content (AvgIpc) is 2.22. The average molecular weight is 237 g/mol. The Balaban J connectivity index is 2.37. The highest BCUT2D eigenvalue weighted by atomic mass is 19.1. The Kier molecular flexibility index (Phi) is 2.71. The van der Waals surface area contributed by atoms with Crippen LogP contribution in [-0.4, -0.2) is 24.4 Å². The van der Waals surface area contributed by atoms with Gasteiger partial charge in [0, 0.05) is 11.4 Å². The number of carbonyl (C=O) groups is 2. The van der Waals surface area contributed by atoms with Gasteiger partial charge in [-0.1, -0.05) is 0 Å². The largest absolute Gasteiger partial charge is 0.399 e. The third kappa shape index (κ3) is 2.20. The third-order valence-electron chi connectivity index (χ3n) is 2.66. The van der Waals surface area contributed by atoms with Crippen molar-refractivity contribution in [3.8, 4) is 0 Å². The number of halogens is 1. The standard InChI is InChI=1S/C11H12FN3O2/c1-6-11(17)14-10(16)5-15(6)9-3-7(12)2-8(13)4-9/h2-4,6H,5,13H2,1H3,(H,14,16,17). The Bertz CT molecular complexity index is 469. The highest BCUT2D eigenvalue weighted by molar-refractivity contribution is 6.04. The minimum atomic E-state index is -0.533. The zero-order chi connectivity index (χ0) is 12.6. The predicted molar refractivity (Wildman–Crippen MR) is 60.8 cm³/mol. The van der Waals surface area contributed by atoms with Crippen molar-refractivity contribution in [2.75, 3.05) is 17.2 Å². The maximum atomic E-state index is 13.2. The van der Waals surface area contributed by atoms with Crippen LogP contribution in [0.15, 0.2) is 18.2 Å². The Morgan fingerprint density at radius 1 is 1.41 bits per heavy atom. The van der Waals surface area contributed by atoms with Crippen LogP contribution in [0, 0.1) is 5.82 Å². The molecule has 1 saturated heterocycles. The fraction of sp³-hybridized carbons (Fsp3) is 0.273. The van der Waals surface area contributed by atoms with Crippen LogP contribution in [0.2, 0.25) is 0 Å². The molecule has 3 N–H and O–H groups in total. The van der Waals surface area contributed by atoms with Crippen molar-refractivity contribution in [2.24, 2.45) is 0 Å². The van der Waals surface area contributed by atoms with E-state index in [1.54, 1.807) is 6.92 Å². The monoisotopic (exact) mass is 237 g/mol. The second kappa shape index (κ2) is 4.04. The van der Waals surface area contributed by atoms with Crippen molar-refractivity contribution < 1.29 is 14.0 Å². The summed E-state index contributed by atoms with van der Waals surface area (Å²) < 4.78 is 13.2. The number of anilines is 2. The molecule has 0 aliphatic carbocycles. The third-order valence-corrected chi connectivity index (χ3v) is 2.66. The van der Waals surface area contributed by atoms with Crippen LogP contribution in [0.1, 0.15) is 6.92 Å². The molecular formula is C11H12FN3O2. The van der Waals surface area contributed by atoms with E-state index in [4.69, 9.17) is 5.73 Å². The number of nitrogens with zero attached hydrogens (tertiary/aromatic N) is 1. The van der Waals surface area contributed by atoms with Gasteiger partial charge >= 0.3 is 0 Å². The first-order valence-electron chi connectivity index (χ1n) is 5.14. The molecule has 0 spiro atoms. The maximum absolute atomic E-state index is 13.2. The van der Waals surface area contributed by atoms with Gasteiger partial charge in [0.1, 0.15) is 11.9 Å². The second-order valence-electron chi connectivity index (χ2n) is 3.96. The van der Waals surface area contributed by atoms with Gasteiger partial charge in [0.25, 0.3) is 0 Å². The van der Waals surface area contributed by atoms with E-state index < -0.39 is 23.7 Å². The van der Waals surface area contributed by atoms with Gasteiger partial charge in [0.15, 0.2) is 0 Å². The molecule has 1 aliphatic heterocycles. The summed E-state index contributed by atoms with van der Waals surface area (Å²) in [5, 5.41) is 2.21. The van der Waals surface area contributed by atoms with Crippen LogP contribution in [0.3, 0.4) is 0 Å². The van der Waals surface area contributed by atoms with Crippen molar-refractivity contribution in [2.45, 2.75) is 13.0 Å². The number of benzene rings is 1. The van der Waals surface area contributed by atoms with E-state index in [2.05, 4.69) is 5.32 Å². The van der Waals surface area contributed by atoms with Gasteiger partial charge < -0.3 is 10.6 Å². The minimum Gasteiger partial charge on any atom is -0.399 e. The zero-order valence-corrected chi connectivity index (χ0v) is 9.24. The molecule has 2 amide bonds. The number of hydrogen-bond donors (Lipinski definition) is 2. The Morgan fingerprint density at radius 2 is 2.12 bits per heavy atom. The zero-order valence-electron chi connectivity index (χ0n) is 9.24. The van der Waals surface area contributed by atoms with Crippen molar-refractivity contribution in [1.82, 2.24) is 5.32 Å². The molecule has 0 aromatic heterocycles. The minimum absolute atomic E-state index is 0.00972. The van der Waals surface area contributed by atoms with Gasteiger partial charge in [0.05, 0.1) is 6.54 Å². The van der Waals surface area contributed by atoms with Gasteiger partial charge in [-0.25, -0.2) is 4.39 Å². The molecule has 90 valence electrons. The van der Waals surface area contributed by atoms with Gasteiger partial charge in [-0.15, -0.1) is 0 Å². The molecule has 1 aromatic carbocycles. The maximum Gasteiger partial charge on any atom is 0.249 e. The van der Waals surface area contributed by atoms with Crippen LogP contribution >= 0.6 is 0 Å². The molecule has 1 atom stereocenters. The molecule has 1 aliphatic rings. The van der Waals surface area contributed by atoms with Crippen LogP contribution in [0.25, 0.3) is 0 Å². The van der Waals surface area contributed by atoms with Crippen LogP contribution in [-0.2, 0) is 9.59 Å². The summed E-state index contributed by atoms with van der Waals surface area (Å²) in [6.45, 7) is 1.65. The summed E-state index contributed by atoms with van der Waals surface area (Å²) in [7, 11) is 0. The van der Waals surface area contributed by atoms with E-state index in [0.29, 0.717) is 5.69 Å². The lowest BCUT2D eigenvalue weighted by Crippen LogP contribution is -2.57. The number of carbonyl (C=O) groups excluding carboxylic acids is 2. The number of nitrogen functional groups attached to an aromatic ring is 1. The number of imide groups is 1. The van der Waals surface area contributed by atoms with Crippen molar-refractivity contribution in [3.05, 3.63) is 24.0 Å². The van der Waals surface area contributed by atoms with Gasteiger partial charge in [-0.2, -0.15) is 0 Å². The molecule has 0 bridgehead atoms. The van der Waals surface area contributed by atoms with Gasteiger partial charge in [-0.3, -0.25) is 14.9 Å². The van der Waals surface area contributed by atoms with Crippen molar-refractivity contribution in [1.29, 1.82) is 0 Å². The molecule has 1 unspecified atom stereocenters.